The fraction of sp³-hybridized carbons (Fsp3) is 0.833. The van der Waals surface area contributed by atoms with Crippen molar-refractivity contribution >= 4 is 23.1 Å². The summed E-state index contributed by atoms with van der Waals surface area (Å²) in [6.07, 6.45) is 2.59. The summed E-state index contributed by atoms with van der Waals surface area (Å²) in [5, 5.41) is 0. The van der Waals surface area contributed by atoms with Gasteiger partial charge >= 0.3 is 23.1 Å². The van der Waals surface area contributed by atoms with E-state index in [1.807, 2.05) is 0 Å². The van der Waals surface area contributed by atoms with E-state index in [-0.39, 0.29) is 35.5 Å². The largest absolute Gasteiger partial charge is 2.00 e. The maximum absolute atomic E-state index is 2.20. The molecule has 0 aliphatic heterocycles. The van der Waals surface area contributed by atoms with Crippen molar-refractivity contribution in [1.82, 2.24) is 0 Å². The molecule has 8 heavy (non-hydrogen) atoms. The summed E-state index contributed by atoms with van der Waals surface area (Å²) >= 11 is 0. The van der Waals surface area contributed by atoms with Gasteiger partial charge in [0.05, 0.1) is 0 Å². The van der Waals surface area contributed by atoms with E-state index >= 15 is 0 Å². The van der Waals surface area contributed by atoms with Gasteiger partial charge in [0.2, 0.25) is 0 Å². The van der Waals surface area contributed by atoms with E-state index in [1.54, 1.807) is 0 Å². The van der Waals surface area contributed by atoms with Crippen molar-refractivity contribution < 1.29 is 12.4 Å². The maximum atomic E-state index is 2.20. The minimum absolute atomic E-state index is 0. The van der Waals surface area contributed by atoms with Crippen LogP contribution in [0.15, 0.2) is 0 Å². The molecule has 0 aromatic carbocycles. The summed E-state index contributed by atoms with van der Waals surface area (Å²) in [4.78, 5) is 0. The maximum Gasteiger partial charge on any atom is 2.00 e. The van der Waals surface area contributed by atoms with E-state index in [4.69, 9.17) is 0 Å². The quantitative estimate of drug-likeness (QED) is 0.346. The SMILES string of the molecule is CCC[C-](C)C.[Cl-].[Mg+2]. The molecular formula is C6H13ClMg. The molecule has 0 aromatic heterocycles. The second-order valence-electron chi connectivity index (χ2n) is 1.96. The number of halogens is 1. The standard InChI is InChI=1S/C6H13.ClH.Mg/c1-4-5-6(2)3;;/h4-5H2,1-3H3;1H;/q-1;;+2/p-1. The van der Waals surface area contributed by atoms with Crippen molar-refractivity contribution in [3.8, 4) is 0 Å². The van der Waals surface area contributed by atoms with Gasteiger partial charge in [-0.25, -0.2) is 0 Å². The molecule has 0 radical (unpaired) electrons. The minimum atomic E-state index is 0. The average Bonchev–Trinajstić information content (AvgIpc) is 1.35. The van der Waals surface area contributed by atoms with Crippen LogP contribution in [-0.4, -0.2) is 23.1 Å². The van der Waals surface area contributed by atoms with Gasteiger partial charge in [0.15, 0.2) is 0 Å². The van der Waals surface area contributed by atoms with Gasteiger partial charge in [-0.15, -0.1) is 0 Å². The molecule has 0 saturated carbocycles. The van der Waals surface area contributed by atoms with Crippen molar-refractivity contribution in [3.63, 3.8) is 0 Å². The van der Waals surface area contributed by atoms with Gasteiger partial charge in [0, 0.05) is 0 Å². The van der Waals surface area contributed by atoms with Crippen molar-refractivity contribution in [2.24, 2.45) is 0 Å². The van der Waals surface area contributed by atoms with Crippen LogP contribution in [0.4, 0.5) is 0 Å². The molecule has 0 nitrogen and oxygen atoms in total. The normalized spacial score (nSPS) is 7.50. The fourth-order valence-electron chi connectivity index (χ4n) is 0.500. The van der Waals surface area contributed by atoms with Crippen LogP contribution in [0, 0.1) is 5.92 Å². The zero-order chi connectivity index (χ0) is 4.99. The Morgan fingerprint density at radius 1 is 1.25 bits per heavy atom. The number of hydrogen-bond acceptors (Lipinski definition) is 0. The Morgan fingerprint density at radius 3 is 1.62 bits per heavy atom. The predicted octanol–water partition coefficient (Wildman–Crippen LogP) is -0.976. The van der Waals surface area contributed by atoms with Crippen LogP contribution in [-0.2, 0) is 0 Å². The Hall–Kier alpha value is 1.06. The molecule has 0 rings (SSSR count). The number of hydrogen-bond donors (Lipinski definition) is 0. The van der Waals surface area contributed by atoms with Crippen LogP contribution in [0.25, 0.3) is 0 Å². The van der Waals surface area contributed by atoms with Crippen molar-refractivity contribution in [2.45, 2.75) is 33.6 Å². The Balaban J connectivity index is -0.000000125. The summed E-state index contributed by atoms with van der Waals surface area (Å²) in [5.41, 5.74) is 0. The average molecular weight is 145 g/mol. The fourth-order valence-corrected chi connectivity index (χ4v) is 0.500. The Kier molecular flexibility index (Phi) is 21.9. The zero-order valence-corrected chi connectivity index (χ0v) is 8.17. The Bertz CT molecular complexity index is 29.7. The van der Waals surface area contributed by atoms with Gasteiger partial charge in [-0.05, 0) is 0 Å². The van der Waals surface area contributed by atoms with Gasteiger partial charge in [0.1, 0.15) is 0 Å². The molecule has 0 spiro atoms. The second-order valence-corrected chi connectivity index (χ2v) is 1.96. The molecule has 2 heteroatoms. The second kappa shape index (κ2) is 10.9. The van der Waals surface area contributed by atoms with E-state index < -0.39 is 0 Å². The minimum Gasteiger partial charge on any atom is -1.00 e. The van der Waals surface area contributed by atoms with Crippen LogP contribution in [0.3, 0.4) is 0 Å². The van der Waals surface area contributed by atoms with Crippen LogP contribution in [0.2, 0.25) is 0 Å². The molecule has 0 unspecified atom stereocenters. The molecule has 0 atom stereocenters. The zero-order valence-electron chi connectivity index (χ0n) is 6.00. The molecular weight excluding hydrogens is 132 g/mol. The van der Waals surface area contributed by atoms with Gasteiger partial charge in [-0.2, -0.15) is 20.3 Å². The van der Waals surface area contributed by atoms with Crippen LogP contribution in [0.1, 0.15) is 33.6 Å². The molecule has 0 saturated heterocycles. The van der Waals surface area contributed by atoms with E-state index in [0.717, 1.165) is 0 Å². The molecule has 46 valence electrons. The molecule has 0 aromatic rings. The third-order valence-corrected chi connectivity index (χ3v) is 0.750. The molecule has 0 heterocycles. The first-order valence-corrected chi connectivity index (χ1v) is 2.56. The van der Waals surface area contributed by atoms with Gasteiger partial charge < -0.3 is 18.3 Å². The number of rotatable bonds is 2. The Labute approximate surface area is 75.0 Å². The Morgan fingerprint density at radius 2 is 1.62 bits per heavy atom. The van der Waals surface area contributed by atoms with Crippen LogP contribution >= 0.6 is 0 Å². The summed E-state index contributed by atoms with van der Waals surface area (Å²) in [5.74, 6) is 1.54. The van der Waals surface area contributed by atoms with Crippen molar-refractivity contribution in [2.75, 3.05) is 0 Å². The molecule has 0 fully saturated rings. The summed E-state index contributed by atoms with van der Waals surface area (Å²) in [6, 6.07) is 0. The van der Waals surface area contributed by atoms with Crippen LogP contribution in [0.5, 0.6) is 0 Å². The molecule has 0 aliphatic rings. The predicted molar refractivity (Wildman–Crippen MR) is 35.3 cm³/mol. The van der Waals surface area contributed by atoms with E-state index in [0.29, 0.717) is 0 Å². The van der Waals surface area contributed by atoms with Crippen molar-refractivity contribution in [3.05, 3.63) is 5.92 Å². The molecule has 0 N–H and O–H groups in total. The smallest absolute Gasteiger partial charge is 1.00 e. The van der Waals surface area contributed by atoms with Gasteiger partial charge in [-0.3, -0.25) is 0 Å². The monoisotopic (exact) mass is 144 g/mol. The third-order valence-electron chi connectivity index (χ3n) is 0.750. The topological polar surface area (TPSA) is 0 Å². The molecule has 0 amide bonds. The van der Waals surface area contributed by atoms with E-state index in [1.165, 1.54) is 18.8 Å². The summed E-state index contributed by atoms with van der Waals surface area (Å²) < 4.78 is 0. The van der Waals surface area contributed by atoms with E-state index in [9.17, 15) is 0 Å². The summed E-state index contributed by atoms with van der Waals surface area (Å²) in [6.45, 7) is 6.54. The van der Waals surface area contributed by atoms with Crippen LogP contribution < -0.4 is 12.4 Å². The first kappa shape index (κ1) is 16.0. The third kappa shape index (κ3) is 15.7. The van der Waals surface area contributed by atoms with E-state index in [2.05, 4.69) is 20.8 Å². The molecule has 0 bridgehead atoms. The first-order valence-electron chi connectivity index (χ1n) is 2.56. The molecule has 0 aliphatic carbocycles. The van der Waals surface area contributed by atoms with Gasteiger partial charge in [0.25, 0.3) is 0 Å². The van der Waals surface area contributed by atoms with Crippen molar-refractivity contribution in [1.29, 1.82) is 0 Å². The summed E-state index contributed by atoms with van der Waals surface area (Å²) in [7, 11) is 0. The first-order chi connectivity index (χ1) is 2.77. The van der Waals surface area contributed by atoms with Gasteiger partial charge in [-0.1, -0.05) is 13.3 Å².